The van der Waals surface area contributed by atoms with Crippen molar-refractivity contribution < 1.29 is 0 Å². The van der Waals surface area contributed by atoms with Crippen LogP contribution in [0.5, 0.6) is 0 Å². The first-order valence-electron chi connectivity index (χ1n) is 8.76. The van der Waals surface area contributed by atoms with Crippen LogP contribution in [0.1, 0.15) is 50.7 Å². The van der Waals surface area contributed by atoms with E-state index in [0.717, 1.165) is 11.1 Å². The van der Waals surface area contributed by atoms with Gasteiger partial charge in [0.15, 0.2) is 0 Å². The monoisotopic (exact) mass is 346 g/mol. The number of benzene rings is 4. The molecule has 0 aromatic heterocycles. The summed E-state index contributed by atoms with van der Waals surface area (Å²) in [5.74, 6) is 0.127. The van der Waals surface area contributed by atoms with Crippen molar-refractivity contribution in [3.8, 4) is 11.1 Å². The van der Waals surface area contributed by atoms with Crippen LogP contribution in [0.2, 0.25) is 0 Å². The van der Waals surface area contributed by atoms with Crippen molar-refractivity contribution in [2.75, 3.05) is 0 Å². The molecule has 26 heavy (non-hydrogen) atoms. The molecule has 0 bridgehead atoms. The van der Waals surface area contributed by atoms with Gasteiger partial charge in [-0.25, -0.2) is 0 Å². The van der Waals surface area contributed by atoms with Crippen LogP contribution in [-0.2, 0) is 0 Å². The largest absolute Gasteiger partial charge is 0.285 e. The van der Waals surface area contributed by atoms with Gasteiger partial charge in [-0.3, -0.25) is 19.2 Å². The van der Waals surface area contributed by atoms with E-state index < -0.39 is 21.7 Å². The Hall–Kier alpha value is -2.88. The quantitative estimate of drug-likeness (QED) is 0.413. The molecule has 2 aromatic carbocycles. The first-order chi connectivity index (χ1) is 12.2. The van der Waals surface area contributed by atoms with E-state index in [0.29, 0.717) is 11.1 Å². The summed E-state index contributed by atoms with van der Waals surface area (Å²) in [5.41, 5.74) is 0.0114. The van der Waals surface area contributed by atoms with E-state index in [1.165, 1.54) is 0 Å². The fraction of sp³-hybridized carbons (Fsp3) is 0.273. The molecule has 4 nitrogen and oxygen atoms in total. The van der Waals surface area contributed by atoms with E-state index in [9.17, 15) is 19.2 Å². The number of hydrogen-bond acceptors (Lipinski definition) is 4. The third-order valence-electron chi connectivity index (χ3n) is 5.30. The van der Waals surface area contributed by atoms with Gasteiger partial charge >= 0.3 is 0 Å². The summed E-state index contributed by atoms with van der Waals surface area (Å²) in [6.07, 6.45) is 0. The van der Waals surface area contributed by atoms with Crippen molar-refractivity contribution >= 4 is 21.5 Å². The minimum absolute atomic E-state index is 0.0634. The maximum Gasteiger partial charge on any atom is 0.234 e. The summed E-state index contributed by atoms with van der Waals surface area (Å²) < 4.78 is 0. The Bertz CT molecular complexity index is 1150. The molecule has 2 aliphatic rings. The molecule has 0 saturated heterocycles. The minimum atomic E-state index is -0.606. The van der Waals surface area contributed by atoms with Gasteiger partial charge in [0.2, 0.25) is 21.7 Å². The van der Waals surface area contributed by atoms with Gasteiger partial charge in [-0.1, -0.05) is 27.7 Å². The molecule has 2 aromatic rings. The highest BCUT2D eigenvalue weighted by Crippen LogP contribution is 2.37. The summed E-state index contributed by atoms with van der Waals surface area (Å²) in [6, 6.07) is 6.76. The van der Waals surface area contributed by atoms with Gasteiger partial charge in [-0.2, -0.15) is 0 Å². The summed E-state index contributed by atoms with van der Waals surface area (Å²) >= 11 is 0. The van der Waals surface area contributed by atoms with Crippen LogP contribution in [0.4, 0.5) is 0 Å². The normalized spacial score (nSPS) is 12.4. The SMILES string of the molecule is CC(C)c1cc2c3c(c1)c(=O)c(=O)c1cc(C(C)C)cc(c1-3)c(=O)c2=O. The van der Waals surface area contributed by atoms with Crippen LogP contribution < -0.4 is 21.7 Å². The van der Waals surface area contributed by atoms with Gasteiger partial charge in [0, 0.05) is 32.7 Å². The van der Waals surface area contributed by atoms with Crippen LogP contribution in [0.3, 0.4) is 0 Å². The Morgan fingerprint density at radius 2 is 0.731 bits per heavy atom. The van der Waals surface area contributed by atoms with Crippen molar-refractivity contribution in [3.63, 3.8) is 0 Å². The molecule has 0 heterocycles. The first kappa shape index (κ1) is 16.6. The van der Waals surface area contributed by atoms with E-state index in [2.05, 4.69) is 0 Å². The molecule has 0 spiro atoms. The highest BCUT2D eigenvalue weighted by molar-refractivity contribution is 6.11. The zero-order valence-corrected chi connectivity index (χ0v) is 15.1. The van der Waals surface area contributed by atoms with Gasteiger partial charge in [0.25, 0.3) is 0 Å². The Morgan fingerprint density at radius 3 is 0.923 bits per heavy atom. The van der Waals surface area contributed by atoms with Crippen molar-refractivity contribution in [3.05, 3.63) is 76.3 Å². The number of hydrogen-bond donors (Lipinski definition) is 0. The second kappa shape index (κ2) is 5.31. The fourth-order valence-electron chi connectivity index (χ4n) is 3.74. The fourth-order valence-corrected chi connectivity index (χ4v) is 3.74. The Morgan fingerprint density at radius 1 is 0.500 bits per heavy atom. The van der Waals surface area contributed by atoms with E-state index in [-0.39, 0.29) is 33.4 Å². The average Bonchev–Trinajstić information content (AvgIpc) is 2.61. The highest BCUT2D eigenvalue weighted by Gasteiger charge is 2.26. The van der Waals surface area contributed by atoms with Crippen LogP contribution in [0.25, 0.3) is 32.7 Å². The molecule has 130 valence electrons. The molecule has 0 atom stereocenters. The molecule has 0 saturated carbocycles. The van der Waals surface area contributed by atoms with E-state index >= 15 is 0 Å². The average molecular weight is 346 g/mol. The smallest absolute Gasteiger partial charge is 0.234 e. The van der Waals surface area contributed by atoms with Crippen LogP contribution in [-0.4, -0.2) is 0 Å². The molecule has 4 rings (SSSR count). The topological polar surface area (TPSA) is 68.3 Å². The molecule has 0 amide bonds. The lowest BCUT2D eigenvalue weighted by Gasteiger charge is -2.18. The first-order valence-corrected chi connectivity index (χ1v) is 8.76. The van der Waals surface area contributed by atoms with Crippen LogP contribution in [0.15, 0.2) is 43.4 Å². The maximum atomic E-state index is 12.8. The second-order valence-electron chi connectivity index (χ2n) is 7.61. The molecule has 2 aliphatic carbocycles. The standard InChI is InChI=1S/C22H18O4/c1-9(2)11-5-13-17-14(6-11)20(24)22(26)16-8-12(10(3)4)7-15(18(16)17)21(25)19(13)23/h5-10H,1-4H3. The third-order valence-corrected chi connectivity index (χ3v) is 5.30. The summed E-state index contributed by atoms with van der Waals surface area (Å²) in [6.45, 7) is 7.75. The highest BCUT2D eigenvalue weighted by atomic mass is 16.2. The van der Waals surface area contributed by atoms with Crippen LogP contribution >= 0.6 is 0 Å². The van der Waals surface area contributed by atoms with Gasteiger partial charge in [-0.05, 0) is 47.2 Å². The predicted molar refractivity (Wildman–Crippen MR) is 105 cm³/mol. The third kappa shape index (κ3) is 2.02. The second-order valence-corrected chi connectivity index (χ2v) is 7.61. The lowest BCUT2D eigenvalue weighted by molar-refractivity contribution is 0.868. The Balaban J connectivity index is 2.43. The summed E-state index contributed by atoms with van der Waals surface area (Å²) in [4.78, 5) is 51.1. The van der Waals surface area contributed by atoms with Gasteiger partial charge < -0.3 is 0 Å². The molecule has 4 heteroatoms. The van der Waals surface area contributed by atoms with Crippen molar-refractivity contribution in [1.82, 2.24) is 0 Å². The van der Waals surface area contributed by atoms with Crippen molar-refractivity contribution in [2.24, 2.45) is 0 Å². The lowest BCUT2D eigenvalue weighted by Crippen LogP contribution is -2.31. The van der Waals surface area contributed by atoms with E-state index in [1.54, 1.807) is 24.3 Å². The summed E-state index contributed by atoms with van der Waals surface area (Å²) in [5, 5.41) is 0.956. The molecular formula is C22H18O4. The lowest BCUT2D eigenvalue weighted by atomic mass is 9.83. The van der Waals surface area contributed by atoms with E-state index in [4.69, 9.17) is 0 Å². The van der Waals surface area contributed by atoms with Gasteiger partial charge in [0.05, 0.1) is 0 Å². The number of rotatable bonds is 2. The Labute approximate surface area is 149 Å². The van der Waals surface area contributed by atoms with Crippen LogP contribution in [0, 0.1) is 0 Å². The Kier molecular flexibility index (Phi) is 3.38. The summed E-state index contributed by atoms with van der Waals surface area (Å²) in [7, 11) is 0. The zero-order valence-electron chi connectivity index (χ0n) is 15.1. The zero-order chi connectivity index (χ0) is 18.9. The molecule has 0 radical (unpaired) electrons. The molecule has 0 fully saturated rings. The van der Waals surface area contributed by atoms with Gasteiger partial charge in [-0.15, -0.1) is 0 Å². The minimum Gasteiger partial charge on any atom is -0.285 e. The molecule has 0 aliphatic heterocycles. The van der Waals surface area contributed by atoms with Crippen molar-refractivity contribution in [1.29, 1.82) is 0 Å². The van der Waals surface area contributed by atoms with Crippen molar-refractivity contribution in [2.45, 2.75) is 39.5 Å². The molecule has 0 unspecified atom stereocenters. The molecule has 0 N–H and O–H groups in total. The van der Waals surface area contributed by atoms with E-state index in [1.807, 2.05) is 27.7 Å². The predicted octanol–water partition coefficient (Wildman–Crippen LogP) is 3.10. The molecular weight excluding hydrogens is 328 g/mol. The maximum absolute atomic E-state index is 12.8. The van der Waals surface area contributed by atoms with Gasteiger partial charge in [0.1, 0.15) is 0 Å².